The largest absolute Gasteiger partial charge is 0.507 e. The Morgan fingerprint density at radius 2 is 1.77 bits per heavy atom. The molecule has 0 aliphatic carbocycles. The maximum Gasteiger partial charge on any atom is 0.265 e. The summed E-state index contributed by atoms with van der Waals surface area (Å²) in [5, 5.41) is 12.9. The van der Waals surface area contributed by atoms with E-state index in [2.05, 4.69) is 10.0 Å². The normalized spacial score (nSPS) is 11.0. The first-order valence-corrected chi connectivity index (χ1v) is 10.7. The Hall–Kier alpha value is -2.94. The Bertz CT molecular complexity index is 1220. The molecule has 30 heavy (non-hydrogen) atoms. The van der Waals surface area contributed by atoms with Crippen LogP contribution in [-0.4, -0.2) is 26.5 Å². The van der Waals surface area contributed by atoms with E-state index in [4.69, 9.17) is 27.9 Å². The van der Waals surface area contributed by atoms with E-state index in [1.54, 1.807) is 18.2 Å². The van der Waals surface area contributed by atoms with Crippen molar-refractivity contribution in [2.75, 3.05) is 17.1 Å². The van der Waals surface area contributed by atoms with Crippen molar-refractivity contribution in [2.45, 2.75) is 4.90 Å². The average molecular weight is 467 g/mol. The number of nitrogens with one attached hydrogen (secondary N) is 2. The second-order valence-electron chi connectivity index (χ2n) is 6.07. The number of aromatic hydroxyl groups is 1. The van der Waals surface area contributed by atoms with Gasteiger partial charge < -0.3 is 15.2 Å². The molecule has 0 atom stereocenters. The number of carbonyl (C=O) groups is 1. The molecule has 3 rings (SSSR count). The van der Waals surface area contributed by atoms with Crippen LogP contribution in [0.5, 0.6) is 11.5 Å². The first-order chi connectivity index (χ1) is 14.2. The summed E-state index contributed by atoms with van der Waals surface area (Å²) in [5.74, 6) is -0.862. The van der Waals surface area contributed by atoms with Crippen LogP contribution in [0.1, 0.15) is 10.4 Å². The quantitative estimate of drug-likeness (QED) is 0.485. The van der Waals surface area contributed by atoms with Crippen molar-refractivity contribution in [3.05, 3.63) is 76.3 Å². The predicted octanol–water partition coefficient (Wildman–Crippen LogP) is 4.76. The average Bonchev–Trinajstić information content (AvgIpc) is 2.71. The van der Waals surface area contributed by atoms with Crippen LogP contribution >= 0.6 is 23.2 Å². The number of methoxy groups -OCH3 is 1. The van der Waals surface area contributed by atoms with Crippen LogP contribution in [0, 0.1) is 0 Å². The van der Waals surface area contributed by atoms with Gasteiger partial charge in [0.1, 0.15) is 16.4 Å². The van der Waals surface area contributed by atoms with Crippen LogP contribution in [0.4, 0.5) is 11.4 Å². The molecule has 3 aromatic rings. The van der Waals surface area contributed by atoms with E-state index in [-0.39, 0.29) is 43.4 Å². The number of hydrogen-bond acceptors (Lipinski definition) is 5. The van der Waals surface area contributed by atoms with Crippen LogP contribution < -0.4 is 14.8 Å². The van der Waals surface area contributed by atoms with Crippen molar-refractivity contribution in [1.82, 2.24) is 0 Å². The van der Waals surface area contributed by atoms with Gasteiger partial charge in [0, 0.05) is 10.7 Å². The number of para-hydroxylation sites is 1. The van der Waals surface area contributed by atoms with Crippen LogP contribution in [0.15, 0.2) is 65.6 Å². The third kappa shape index (κ3) is 4.79. The molecule has 3 aromatic carbocycles. The number of halogens is 2. The number of benzene rings is 3. The molecule has 1 amide bonds. The summed E-state index contributed by atoms with van der Waals surface area (Å²) in [6.07, 6.45) is 0. The molecule has 0 aliphatic heterocycles. The fraction of sp³-hybridized carbons (Fsp3) is 0.0500. The summed E-state index contributed by atoms with van der Waals surface area (Å²) in [5.41, 5.74) is 0.302. The minimum atomic E-state index is -4.10. The molecule has 0 heterocycles. The van der Waals surface area contributed by atoms with Crippen LogP contribution in [0.3, 0.4) is 0 Å². The highest BCUT2D eigenvalue weighted by atomic mass is 35.5. The molecule has 0 saturated carbocycles. The van der Waals surface area contributed by atoms with Gasteiger partial charge in [0.2, 0.25) is 0 Å². The molecule has 156 valence electrons. The molecule has 7 nitrogen and oxygen atoms in total. The van der Waals surface area contributed by atoms with E-state index in [1.807, 2.05) is 0 Å². The van der Waals surface area contributed by atoms with Crippen LogP contribution in [-0.2, 0) is 10.0 Å². The SMILES string of the molecule is COc1ccc(NC(=O)c2cc(Cl)ccc2O)cc1S(=O)(=O)Nc1ccccc1Cl. The summed E-state index contributed by atoms with van der Waals surface area (Å²) in [4.78, 5) is 12.3. The van der Waals surface area contributed by atoms with E-state index in [0.717, 1.165) is 0 Å². The van der Waals surface area contributed by atoms with Gasteiger partial charge in [0.15, 0.2) is 0 Å². The highest BCUT2D eigenvalue weighted by Gasteiger charge is 2.22. The zero-order valence-electron chi connectivity index (χ0n) is 15.5. The highest BCUT2D eigenvalue weighted by Crippen LogP contribution is 2.31. The summed E-state index contributed by atoms with van der Waals surface area (Å²) < 4.78 is 33.4. The molecule has 10 heteroatoms. The maximum atomic E-state index is 12.9. The Labute approximate surface area is 183 Å². The van der Waals surface area contributed by atoms with E-state index < -0.39 is 15.9 Å². The number of anilines is 2. The third-order valence-corrected chi connectivity index (χ3v) is 5.98. The fourth-order valence-electron chi connectivity index (χ4n) is 2.60. The standard InChI is InChI=1S/C20H16Cl2N2O5S/c1-29-18-9-7-13(23-20(26)14-10-12(21)6-8-17(14)25)11-19(18)30(27,28)24-16-5-3-2-4-15(16)22/h2-11,24-25H,1H3,(H,23,26). The van der Waals surface area contributed by atoms with Gasteiger partial charge in [-0.25, -0.2) is 8.42 Å². The molecule has 0 spiro atoms. The topological polar surface area (TPSA) is 105 Å². The number of sulfonamides is 1. The lowest BCUT2D eigenvalue weighted by atomic mass is 10.2. The van der Waals surface area contributed by atoms with Gasteiger partial charge in [-0.05, 0) is 48.5 Å². The van der Waals surface area contributed by atoms with E-state index in [1.165, 1.54) is 49.6 Å². The zero-order chi connectivity index (χ0) is 21.9. The van der Waals surface area contributed by atoms with Crippen molar-refractivity contribution < 1.29 is 23.1 Å². The lowest BCUT2D eigenvalue weighted by molar-refractivity contribution is 0.102. The second-order valence-corrected chi connectivity index (χ2v) is 8.56. The number of hydrogen-bond donors (Lipinski definition) is 3. The minimum absolute atomic E-state index is 0.0584. The second kappa shape index (κ2) is 8.83. The number of phenols is 1. The molecule has 0 unspecified atom stereocenters. The van der Waals surface area contributed by atoms with Gasteiger partial charge in [-0.2, -0.15) is 0 Å². The van der Waals surface area contributed by atoms with Crippen molar-refractivity contribution in [3.8, 4) is 11.5 Å². The molecule has 0 aromatic heterocycles. The van der Waals surface area contributed by atoms with Gasteiger partial charge in [-0.3, -0.25) is 9.52 Å². The first-order valence-electron chi connectivity index (χ1n) is 8.46. The van der Waals surface area contributed by atoms with Crippen molar-refractivity contribution in [1.29, 1.82) is 0 Å². The van der Waals surface area contributed by atoms with E-state index in [9.17, 15) is 18.3 Å². The molecule has 0 fully saturated rings. The van der Waals surface area contributed by atoms with Crippen molar-refractivity contribution >= 4 is 50.5 Å². The lowest BCUT2D eigenvalue weighted by Gasteiger charge is -2.14. The number of carbonyl (C=O) groups excluding carboxylic acids is 1. The molecular formula is C20H16Cl2N2O5S. The third-order valence-electron chi connectivity index (χ3n) is 4.03. The number of rotatable bonds is 6. The van der Waals surface area contributed by atoms with Gasteiger partial charge in [0.05, 0.1) is 23.4 Å². The van der Waals surface area contributed by atoms with Gasteiger partial charge in [0.25, 0.3) is 15.9 Å². The summed E-state index contributed by atoms with van der Waals surface area (Å²) in [6, 6.07) is 14.5. The molecule has 0 bridgehead atoms. The molecular weight excluding hydrogens is 451 g/mol. The maximum absolute atomic E-state index is 12.9. The van der Waals surface area contributed by atoms with Crippen molar-refractivity contribution in [3.63, 3.8) is 0 Å². The zero-order valence-corrected chi connectivity index (χ0v) is 17.8. The number of phenolic OH excluding ortho intramolecular Hbond substituents is 1. The molecule has 0 aliphatic rings. The Morgan fingerprint density at radius 1 is 1.03 bits per heavy atom. The Kier molecular flexibility index (Phi) is 6.40. The summed E-state index contributed by atoms with van der Waals surface area (Å²) in [6.45, 7) is 0. The number of ether oxygens (including phenoxy) is 1. The van der Waals surface area contributed by atoms with Gasteiger partial charge >= 0.3 is 0 Å². The molecule has 0 radical (unpaired) electrons. The number of amides is 1. The van der Waals surface area contributed by atoms with Gasteiger partial charge in [-0.15, -0.1) is 0 Å². The van der Waals surface area contributed by atoms with Gasteiger partial charge in [-0.1, -0.05) is 35.3 Å². The summed E-state index contributed by atoms with van der Waals surface area (Å²) >= 11 is 11.9. The summed E-state index contributed by atoms with van der Waals surface area (Å²) in [7, 11) is -2.77. The lowest BCUT2D eigenvalue weighted by Crippen LogP contribution is -2.16. The van der Waals surface area contributed by atoms with E-state index >= 15 is 0 Å². The van der Waals surface area contributed by atoms with E-state index in [0.29, 0.717) is 0 Å². The van der Waals surface area contributed by atoms with Crippen LogP contribution in [0.25, 0.3) is 0 Å². The molecule has 0 saturated heterocycles. The predicted molar refractivity (Wildman–Crippen MR) is 116 cm³/mol. The Balaban J connectivity index is 1.94. The monoisotopic (exact) mass is 466 g/mol. The smallest absolute Gasteiger partial charge is 0.265 e. The fourth-order valence-corrected chi connectivity index (χ4v) is 4.28. The van der Waals surface area contributed by atoms with Crippen LogP contribution in [0.2, 0.25) is 10.0 Å². The Morgan fingerprint density at radius 3 is 2.47 bits per heavy atom. The molecule has 3 N–H and O–H groups in total. The first kappa shape index (κ1) is 21.8. The highest BCUT2D eigenvalue weighted by molar-refractivity contribution is 7.92. The van der Waals surface area contributed by atoms with Crippen molar-refractivity contribution in [2.24, 2.45) is 0 Å². The minimum Gasteiger partial charge on any atom is -0.507 e.